The standard InChI is InChI=1S/C53H38/c1-5-15-37(16-6-1)39-25-27-41(28-26-39)43-33-34-48-50(35-43)53(44-19-9-3-10-20-44,45-21-11-4-12-22-45)51-36-49(46-23-13-14-24-47(46)52(48)51)42-31-29-40(30-32-42)38-17-7-2-8-18-38/h2-5,7-36H,1,6H2. The van der Waals surface area contributed by atoms with E-state index in [-0.39, 0.29) is 0 Å². The van der Waals surface area contributed by atoms with Crippen LogP contribution in [0.5, 0.6) is 0 Å². The first kappa shape index (κ1) is 31.3. The summed E-state index contributed by atoms with van der Waals surface area (Å²) >= 11 is 0. The third kappa shape index (κ3) is 5.13. The highest BCUT2D eigenvalue weighted by atomic mass is 14.5. The fourth-order valence-electron chi connectivity index (χ4n) is 8.92. The van der Waals surface area contributed by atoms with Crippen molar-refractivity contribution in [2.45, 2.75) is 18.3 Å². The zero-order chi connectivity index (χ0) is 35.2. The van der Waals surface area contributed by atoms with Crippen molar-refractivity contribution < 1.29 is 0 Å². The highest BCUT2D eigenvalue weighted by molar-refractivity contribution is 6.10. The van der Waals surface area contributed by atoms with Crippen molar-refractivity contribution in [1.29, 1.82) is 0 Å². The predicted molar refractivity (Wildman–Crippen MR) is 224 cm³/mol. The van der Waals surface area contributed by atoms with Gasteiger partial charge in [0.25, 0.3) is 0 Å². The fourth-order valence-corrected chi connectivity index (χ4v) is 8.92. The largest absolute Gasteiger partial charge is 0.0836 e. The number of benzene rings is 8. The summed E-state index contributed by atoms with van der Waals surface area (Å²) in [5.74, 6) is 0. The van der Waals surface area contributed by atoms with Gasteiger partial charge in [-0.15, -0.1) is 0 Å². The van der Waals surface area contributed by atoms with Crippen LogP contribution in [-0.2, 0) is 5.41 Å². The Morgan fingerprint density at radius 3 is 1.53 bits per heavy atom. The van der Waals surface area contributed by atoms with Crippen molar-refractivity contribution in [2.24, 2.45) is 0 Å². The SMILES string of the molecule is C1=CC(c2ccc(-c3ccc4c(c3)C(c3ccccc3)(c3ccccc3)c3cc(-c5ccc(-c6ccccc6)cc5)c5ccccc5c3-4)cc2)=CCC1. The highest BCUT2D eigenvalue weighted by Gasteiger charge is 2.47. The Kier molecular flexibility index (Phi) is 7.62. The minimum Gasteiger partial charge on any atom is -0.0836 e. The Hall–Kier alpha value is -6.50. The second-order valence-electron chi connectivity index (χ2n) is 14.3. The van der Waals surface area contributed by atoms with Gasteiger partial charge < -0.3 is 0 Å². The van der Waals surface area contributed by atoms with E-state index in [2.05, 4.69) is 206 Å². The van der Waals surface area contributed by atoms with Gasteiger partial charge in [-0.1, -0.05) is 194 Å². The first-order valence-corrected chi connectivity index (χ1v) is 18.7. The van der Waals surface area contributed by atoms with E-state index in [9.17, 15) is 0 Å². The second-order valence-corrected chi connectivity index (χ2v) is 14.3. The van der Waals surface area contributed by atoms with Crippen molar-refractivity contribution in [3.05, 3.63) is 234 Å². The Morgan fingerprint density at radius 2 is 0.887 bits per heavy atom. The fraction of sp³-hybridized carbons (Fsp3) is 0.0566. The van der Waals surface area contributed by atoms with Gasteiger partial charge in [-0.2, -0.15) is 0 Å². The lowest BCUT2D eigenvalue weighted by Gasteiger charge is -2.34. The van der Waals surface area contributed by atoms with Gasteiger partial charge in [-0.05, 0) is 114 Å². The van der Waals surface area contributed by atoms with Gasteiger partial charge in [0, 0.05) is 0 Å². The molecule has 0 N–H and O–H groups in total. The van der Waals surface area contributed by atoms with E-state index in [0.717, 1.165) is 12.8 Å². The average molecular weight is 675 g/mol. The van der Waals surface area contributed by atoms with Crippen LogP contribution in [0.25, 0.3) is 60.9 Å². The number of hydrogen-bond acceptors (Lipinski definition) is 0. The van der Waals surface area contributed by atoms with Crippen molar-refractivity contribution >= 4 is 16.3 Å². The zero-order valence-electron chi connectivity index (χ0n) is 29.5. The Balaban J connectivity index is 1.23. The molecule has 0 aromatic heterocycles. The van der Waals surface area contributed by atoms with E-state index in [0.29, 0.717) is 0 Å². The molecule has 53 heavy (non-hydrogen) atoms. The van der Waals surface area contributed by atoms with E-state index in [1.54, 1.807) is 0 Å². The average Bonchev–Trinajstić information content (AvgIpc) is 3.55. The van der Waals surface area contributed by atoms with Gasteiger partial charge in [0.2, 0.25) is 0 Å². The summed E-state index contributed by atoms with van der Waals surface area (Å²) in [6, 6.07) is 70.0. The first-order chi connectivity index (χ1) is 26.3. The Morgan fingerprint density at radius 1 is 0.358 bits per heavy atom. The van der Waals surface area contributed by atoms with Crippen LogP contribution in [0.4, 0.5) is 0 Å². The molecule has 0 bridgehead atoms. The molecule has 0 unspecified atom stereocenters. The Bertz CT molecular complexity index is 2620. The van der Waals surface area contributed by atoms with Crippen molar-refractivity contribution in [3.8, 4) is 44.5 Å². The lowest BCUT2D eigenvalue weighted by atomic mass is 9.67. The van der Waals surface area contributed by atoms with Gasteiger partial charge >= 0.3 is 0 Å². The first-order valence-electron chi connectivity index (χ1n) is 18.7. The number of allylic oxidation sites excluding steroid dienone is 4. The topological polar surface area (TPSA) is 0 Å². The van der Waals surface area contributed by atoms with E-state index in [1.165, 1.54) is 88.7 Å². The molecule has 0 fully saturated rings. The molecule has 10 rings (SSSR count). The molecule has 0 spiro atoms. The monoisotopic (exact) mass is 674 g/mol. The summed E-state index contributed by atoms with van der Waals surface area (Å²) in [4.78, 5) is 0. The molecule has 8 aromatic rings. The van der Waals surface area contributed by atoms with Gasteiger partial charge in [0.05, 0.1) is 5.41 Å². The van der Waals surface area contributed by atoms with Crippen LogP contribution in [0, 0.1) is 0 Å². The van der Waals surface area contributed by atoms with Crippen LogP contribution in [0.3, 0.4) is 0 Å². The molecule has 0 atom stereocenters. The molecule has 0 nitrogen and oxygen atoms in total. The summed E-state index contributed by atoms with van der Waals surface area (Å²) in [5, 5.41) is 2.56. The van der Waals surface area contributed by atoms with Gasteiger partial charge in [0.15, 0.2) is 0 Å². The summed E-state index contributed by atoms with van der Waals surface area (Å²) in [5.41, 5.74) is 17.3. The van der Waals surface area contributed by atoms with E-state index >= 15 is 0 Å². The summed E-state index contributed by atoms with van der Waals surface area (Å²) in [6.07, 6.45) is 9.13. The number of fused-ring (bicyclic) bond motifs is 5. The third-order valence-electron chi connectivity index (χ3n) is 11.4. The van der Waals surface area contributed by atoms with Gasteiger partial charge in [0.1, 0.15) is 0 Å². The maximum atomic E-state index is 2.51. The molecule has 0 heterocycles. The summed E-state index contributed by atoms with van der Waals surface area (Å²) < 4.78 is 0. The van der Waals surface area contributed by atoms with Crippen LogP contribution in [0.1, 0.15) is 40.7 Å². The normalized spacial score (nSPS) is 14.1. The van der Waals surface area contributed by atoms with Crippen LogP contribution in [0.2, 0.25) is 0 Å². The van der Waals surface area contributed by atoms with Crippen LogP contribution in [-0.4, -0.2) is 0 Å². The quantitative estimate of drug-likeness (QED) is 0.165. The predicted octanol–water partition coefficient (Wildman–Crippen LogP) is 13.9. The van der Waals surface area contributed by atoms with Crippen molar-refractivity contribution in [2.75, 3.05) is 0 Å². The molecular weight excluding hydrogens is 637 g/mol. The van der Waals surface area contributed by atoms with Crippen LogP contribution < -0.4 is 0 Å². The highest BCUT2D eigenvalue weighted by Crippen LogP contribution is 2.59. The Labute approximate surface area is 312 Å². The van der Waals surface area contributed by atoms with Gasteiger partial charge in [-0.25, -0.2) is 0 Å². The van der Waals surface area contributed by atoms with Crippen molar-refractivity contribution in [3.63, 3.8) is 0 Å². The second kappa shape index (κ2) is 12.9. The van der Waals surface area contributed by atoms with E-state index < -0.39 is 5.41 Å². The third-order valence-corrected chi connectivity index (χ3v) is 11.4. The maximum absolute atomic E-state index is 2.51. The smallest absolute Gasteiger partial charge is 0.0714 e. The van der Waals surface area contributed by atoms with Gasteiger partial charge in [-0.3, -0.25) is 0 Å². The zero-order valence-corrected chi connectivity index (χ0v) is 29.5. The molecule has 250 valence electrons. The minimum atomic E-state index is -0.524. The molecule has 0 heteroatoms. The molecular formula is C53H38. The van der Waals surface area contributed by atoms with E-state index in [4.69, 9.17) is 0 Å². The summed E-state index contributed by atoms with van der Waals surface area (Å²) in [7, 11) is 0. The molecule has 0 aliphatic heterocycles. The maximum Gasteiger partial charge on any atom is 0.0714 e. The number of hydrogen-bond donors (Lipinski definition) is 0. The lowest BCUT2D eigenvalue weighted by molar-refractivity contribution is 0.769. The molecule has 8 aromatic carbocycles. The lowest BCUT2D eigenvalue weighted by Crippen LogP contribution is -2.28. The molecule has 0 radical (unpaired) electrons. The summed E-state index contributed by atoms with van der Waals surface area (Å²) in [6.45, 7) is 0. The van der Waals surface area contributed by atoms with Crippen LogP contribution >= 0.6 is 0 Å². The number of rotatable bonds is 6. The van der Waals surface area contributed by atoms with Crippen LogP contribution in [0.15, 0.2) is 206 Å². The molecule has 0 saturated carbocycles. The minimum absolute atomic E-state index is 0.524. The molecule has 2 aliphatic carbocycles. The molecule has 2 aliphatic rings. The molecule has 0 saturated heterocycles. The molecule has 0 amide bonds. The van der Waals surface area contributed by atoms with E-state index in [1.807, 2.05) is 0 Å². The van der Waals surface area contributed by atoms with Crippen molar-refractivity contribution in [1.82, 2.24) is 0 Å².